The van der Waals surface area contributed by atoms with Crippen molar-refractivity contribution in [2.45, 2.75) is 33.0 Å². The summed E-state index contributed by atoms with van der Waals surface area (Å²) in [4.78, 5) is 0. The van der Waals surface area contributed by atoms with E-state index in [0.717, 1.165) is 12.2 Å². The first-order valence-electron chi connectivity index (χ1n) is 5.46. The summed E-state index contributed by atoms with van der Waals surface area (Å²) < 4.78 is 5.99. The van der Waals surface area contributed by atoms with Crippen molar-refractivity contribution in [3.05, 3.63) is 41.7 Å². The molecule has 0 atom stereocenters. The van der Waals surface area contributed by atoms with Crippen molar-refractivity contribution in [3.8, 4) is 0 Å². The van der Waals surface area contributed by atoms with Crippen LogP contribution in [-0.4, -0.2) is 8.32 Å². The van der Waals surface area contributed by atoms with Crippen LogP contribution < -0.4 is 0 Å². The van der Waals surface area contributed by atoms with E-state index in [1.807, 2.05) is 18.2 Å². The largest absolute Gasteiger partial charge is 0.547 e. The van der Waals surface area contributed by atoms with Crippen molar-refractivity contribution in [1.29, 1.82) is 0 Å². The minimum Gasteiger partial charge on any atom is -0.547 e. The molecule has 0 aliphatic rings. The van der Waals surface area contributed by atoms with E-state index < -0.39 is 8.32 Å². The highest BCUT2D eigenvalue weighted by molar-refractivity contribution is 6.70. The fourth-order valence-corrected chi connectivity index (χ4v) is 2.32. The number of hydrogen-bond acceptors (Lipinski definition) is 1. The van der Waals surface area contributed by atoms with Crippen molar-refractivity contribution in [2.75, 3.05) is 0 Å². The first-order valence-corrected chi connectivity index (χ1v) is 8.87. The van der Waals surface area contributed by atoms with Crippen LogP contribution in [0.3, 0.4) is 0 Å². The van der Waals surface area contributed by atoms with Crippen LogP contribution in [-0.2, 0) is 4.43 Å². The average Bonchev–Trinajstić information content (AvgIpc) is 2.16. The fourth-order valence-electron chi connectivity index (χ4n) is 1.33. The monoisotopic (exact) mass is 220 g/mol. The summed E-state index contributed by atoms with van der Waals surface area (Å²) in [5.74, 6) is 1.10. The molecule has 0 heterocycles. The average molecular weight is 220 g/mol. The Morgan fingerprint density at radius 3 is 2.27 bits per heavy atom. The van der Waals surface area contributed by atoms with Crippen molar-refractivity contribution >= 4 is 14.4 Å². The van der Waals surface area contributed by atoms with Crippen molar-refractivity contribution < 1.29 is 4.43 Å². The van der Waals surface area contributed by atoms with Crippen LogP contribution in [0.25, 0.3) is 6.08 Å². The lowest BCUT2D eigenvalue weighted by molar-refractivity contribution is 0.411. The minimum atomic E-state index is -1.46. The van der Waals surface area contributed by atoms with Crippen LogP contribution in [0, 0.1) is 0 Å². The summed E-state index contributed by atoms with van der Waals surface area (Å²) in [6.07, 6.45) is 3.09. The summed E-state index contributed by atoms with van der Waals surface area (Å²) in [7, 11) is -1.46. The topological polar surface area (TPSA) is 9.23 Å². The van der Waals surface area contributed by atoms with E-state index in [1.165, 1.54) is 5.56 Å². The molecular formula is C13H20OSi. The van der Waals surface area contributed by atoms with Gasteiger partial charge in [0.05, 0.1) is 5.76 Å². The molecule has 82 valence electrons. The summed E-state index contributed by atoms with van der Waals surface area (Å²) in [6.45, 7) is 8.76. The molecule has 0 bridgehead atoms. The van der Waals surface area contributed by atoms with Gasteiger partial charge >= 0.3 is 0 Å². The molecule has 0 unspecified atom stereocenters. The quantitative estimate of drug-likeness (QED) is 0.543. The normalized spacial score (nSPS) is 12.7. The fraction of sp³-hybridized carbons (Fsp3) is 0.385. The first kappa shape index (κ1) is 12.0. The third-order valence-electron chi connectivity index (χ3n) is 1.91. The number of allylic oxidation sites excluding steroid dienone is 1. The van der Waals surface area contributed by atoms with Gasteiger partial charge in [0, 0.05) is 6.42 Å². The van der Waals surface area contributed by atoms with Gasteiger partial charge in [0.2, 0.25) is 8.32 Å². The Labute approximate surface area is 93.9 Å². The van der Waals surface area contributed by atoms with Crippen LogP contribution >= 0.6 is 0 Å². The molecule has 0 radical (unpaired) electrons. The van der Waals surface area contributed by atoms with E-state index in [-0.39, 0.29) is 0 Å². The third kappa shape index (κ3) is 4.84. The Morgan fingerprint density at radius 2 is 1.80 bits per heavy atom. The summed E-state index contributed by atoms with van der Waals surface area (Å²) in [5.41, 5.74) is 1.22. The Kier molecular flexibility index (Phi) is 4.15. The van der Waals surface area contributed by atoms with E-state index in [0.29, 0.717) is 0 Å². The van der Waals surface area contributed by atoms with Crippen molar-refractivity contribution in [2.24, 2.45) is 0 Å². The molecule has 1 aromatic carbocycles. The number of rotatable bonds is 4. The molecule has 0 saturated carbocycles. The first-order chi connectivity index (χ1) is 7.01. The Morgan fingerprint density at radius 1 is 1.20 bits per heavy atom. The highest BCUT2D eigenvalue weighted by Gasteiger charge is 2.16. The van der Waals surface area contributed by atoms with Crippen molar-refractivity contribution in [1.82, 2.24) is 0 Å². The van der Waals surface area contributed by atoms with Gasteiger partial charge in [-0.05, 0) is 31.3 Å². The molecular weight excluding hydrogens is 200 g/mol. The SMILES string of the molecule is CC/C(=C\c1ccccc1)O[Si](C)(C)C. The standard InChI is InChI=1S/C13H20OSi/c1-5-13(14-15(2,3)4)11-12-9-7-6-8-10-12/h6-11H,5H2,1-4H3/b13-11+. The van der Waals surface area contributed by atoms with Crippen LogP contribution in [0.2, 0.25) is 19.6 Å². The van der Waals surface area contributed by atoms with Gasteiger partial charge in [-0.1, -0.05) is 37.3 Å². The predicted molar refractivity (Wildman–Crippen MR) is 69.1 cm³/mol. The maximum atomic E-state index is 5.99. The van der Waals surface area contributed by atoms with Crippen LogP contribution in [0.5, 0.6) is 0 Å². The minimum absolute atomic E-state index is 0.958. The number of benzene rings is 1. The summed E-state index contributed by atoms with van der Waals surface area (Å²) in [6, 6.07) is 10.3. The van der Waals surface area contributed by atoms with Crippen LogP contribution in [0.1, 0.15) is 18.9 Å². The lowest BCUT2D eigenvalue weighted by Crippen LogP contribution is -2.24. The van der Waals surface area contributed by atoms with Gasteiger partial charge in [0.1, 0.15) is 0 Å². The van der Waals surface area contributed by atoms with Crippen LogP contribution in [0.15, 0.2) is 36.1 Å². The Balaban J connectivity index is 2.79. The predicted octanol–water partition coefficient (Wildman–Crippen LogP) is 4.29. The second-order valence-electron chi connectivity index (χ2n) is 4.59. The highest BCUT2D eigenvalue weighted by Crippen LogP contribution is 2.16. The highest BCUT2D eigenvalue weighted by atomic mass is 28.4. The van der Waals surface area contributed by atoms with Gasteiger partial charge in [-0.2, -0.15) is 0 Å². The molecule has 15 heavy (non-hydrogen) atoms. The van der Waals surface area contributed by atoms with E-state index >= 15 is 0 Å². The maximum absolute atomic E-state index is 5.99. The van der Waals surface area contributed by atoms with Crippen LogP contribution in [0.4, 0.5) is 0 Å². The number of hydrogen-bond donors (Lipinski definition) is 0. The van der Waals surface area contributed by atoms with E-state index in [4.69, 9.17) is 4.43 Å². The lowest BCUT2D eigenvalue weighted by Gasteiger charge is -2.21. The maximum Gasteiger partial charge on any atom is 0.241 e. The van der Waals surface area contributed by atoms with Gasteiger partial charge in [0.25, 0.3) is 0 Å². The molecule has 1 nitrogen and oxygen atoms in total. The molecule has 0 spiro atoms. The second-order valence-corrected chi connectivity index (χ2v) is 9.02. The lowest BCUT2D eigenvalue weighted by atomic mass is 10.2. The summed E-state index contributed by atoms with van der Waals surface area (Å²) >= 11 is 0. The van der Waals surface area contributed by atoms with E-state index in [9.17, 15) is 0 Å². The molecule has 0 aliphatic heterocycles. The Bertz CT molecular complexity index is 322. The molecule has 0 aromatic heterocycles. The zero-order valence-electron chi connectivity index (χ0n) is 10.1. The summed E-state index contributed by atoms with van der Waals surface area (Å²) in [5, 5.41) is 0. The van der Waals surface area contributed by atoms with Gasteiger partial charge in [-0.3, -0.25) is 0 Å². The molecule has 1 rings (SSSR count). The third-order valence-corrected chi connectivity index (χ3v) is 2.79. The second kappa shape index (κ2) is 5.17. The Hall–Kier alpha value is -1.02. The van der Waals surface area contributed by atoms with E-state index in [2.05, 4.69) is 44.8 Å². The van der Waals surface area contributed by atoms with E-state index in [1.54, 1.807) is 0 Å². The molecule has 0 fully saturated rings. The van der Waals surface area contributed by atoms with Gasteiger partial charge < -0.3 is 4.43 Å². The zero-order chi connectivity index (χ0) is 11.3. The molecule has 0 aliphatic carbocycles. The molecule has 2 heteroatoms. The molecule has 0 N–H and O–H groups in total. The molecule has 0 amide bonds. The van der Waals surface area contributed by atoms with Gasteiger partial charge in [0.15, 0.2) is 0 Å². The van der Waals surface area contributed by atoms with Gasteiger partial charge in [-0.25, -0.2) is 0 Å². The van der Waals surface area contributed by atoms with Crippen molar-refractivity contribution in [3.63, 3.8) is 0 Å². The van der Waals surface area contributed by atoms with Gasteiger partial charge in [-0.15, -0.1) is 0 Å². The zero-order valence-corrected chi connectivity index (χ0v) is 11.1. The molecule has 1 aromatic rings. The molecule has 0 saturated heterocycles. The smallest absolute Gasteiger partial charge is 0.241 e.